The molecule has 0 aliphatic heterocycles. The number of aromatic nitrogens is 1. The highest BCUT2D eigenvalue weighted by Gasteiger charge is 2.61. The Balaban J connectivity index is 0.982. The van der Waals surface area contributed by atoms with Crippen LogP contribution in [0.4, 0.5) is 17.1 Å². The molecule has 0 N–H and O–H groups in total. The molecule has 7 aromatic carbocycles. The molecule has 1 spiro atoms. The van der Waals surface area contributed by atoms with Gasteiger partial charge in [0.2, 0.25) is 0 Å². The van der Waals surface area contributed by atoms with Crippen LogP contribution in [0.5, 0.6) is 0 Å². The largest absolute Gasteiger partial charge is 0.313 e. The van der Waals surface area contributed by atoms with Crippen LogP contribution in [0.2, 0.25) is 0 Å². The number of para-hydroxylation sites is 2. The van der Waals surface area contributed by atoms with E-state index in [1.165, 1.54) is 87.3 Å². The first-order chi connectivity index (χ1) is 30.1. The monoisotopic (exact) mass is 786 g/mol. The summed E-state index contributed by atoms with van der Waals surface area (Å²) in [5, 5.41) is 2.46. The van der Waals surface area contributed by atoms with Gasteiger partial charge in [-0.3, -0.25) is 0 Å². The number of nitrogens with zero attached hydrogens (tertiary/aromatic N) is 2. The highest BCUT2D eigenvalue weighted by molar-refractivity contribution is 6.11. The minimum Gasteiger partial charge on any atom is -0.313 e. The summed E-state index contributed by atoms with van der Waals surface area (Å²) in [7, 11) is 0. The molecule has 0 amide bonds. The molecule has 8 aromatic rings. The summed E-state index contributed by atoms with van der Waals surface area (Å²) < 4.78 is 2.37. The zero-order valence-corrected chi connectivity index (χ0v) is 34.8. The summed E-state index contributed by atoms with van der Waals surface area (Å²) in [6.45, 7) is 6.04. The van der Waals surface area contributed by atoms with Crippen molar-refractivity contribution in [2.24, 2.45) is 23.7 Å². The lowest BCUT2D eigenvalue weighted by Gasteiger charge is -2.61. The van der Waals surface area contributed by atoms with Crippen LogP contribution in [0.15, 0.2) is 195 Å². The van der Waals surface area contributed by atoms with Crippen molar-refractivity contribution in [3.63, 3.8) is 0 Å². The maximum absolute atomic E-state index is 3.86. The van der Waals surface area contributed by atoms with Gasteiger partial charge in [-0.1, -0.05) is 140 Å². The molecule has 4 bridgehead atoms. The summed E-state index contributed by atoms with van der Waals surface area (Å²) in [4.78, 5) is 2.45. The Morgan fingerprint density at radius 2 is 1.18 bits per heavy atom. The van der Waals surface area contributed by atoms with Gasteiger partial charge in [0, 0.05) is 38.8 Å². The van der Waals surface area contributed by atoms with Crippen molar-refractivity contribution in [2.75, 3.05) is 4.90 Å². The molecule has 0 unspecified atom stereocenters. The lowest BCUT2D eigenvalue weighted by Crippen LogP contribution is -2.55. The molecule has 2 heteroatoms. The van der Waals surface area contributed by atoms with Gasteiger partial charge >= 0.3 is 0 Å². The van der Waals surface area contributed by atoms with Crippen LogP contribution in [-0.2, 0) is 5.41 Å². The van der Waals surface area contributed by atoms with E-state index in [1.54, 1.807) is 11.1 Å². The van der Waals surface area contributed by atoms with Gasteiger partial charge in [0.05, 0.1) is 16.7 Å². The van der Waals surface area contributed by atoms with Gasteiger partial charge in [0.1, 0.15) is 0 Å². The van der Waals surface area contributed by atoms with E-state index in [-0.39, 0.29) is 5.41 Å². The highest BCUT2D eigenvalue weighted by Crippen LogP contribution is 2.69. The standard InChI is InChI=1S/C59H50N2/c1-3-4-6-15-39(2)60-57-23-14-11-20-51(57)53-38-48(29-31-58(53)60)61(56-22-13-10-18-49(56)43-16-7-5-8-17-43)47-27-24-42(25-28-47)44-26-30-55-52(37-44)50-19-9-12-21-54(50)59(55)45-33-40-32-41(35-45)36-46(59)34-40/h3-31,37-38,40-41,45-46H,1,32-36H2,2H3/b6-4-,39-15+. The number of rotatable bonds is 8. The Morgan fingerprint density at radius 3 is 1.97 bits per heavy atom. The second-order valence-electron chi connectivity index (χ2n) is 18.2. The Morgan fingerprint density at radius 1 is 0.541 bits per heavy atom. The van der Waals surface area contributed by atoms with Crippen molar-refractivity contribution < 1.29 is 0 Å². The molecule has 1 aromatic heterocycles. The second-order valence-corrected chi connectivity index (χ2v) is 18.2. The van der Waals surface area contributed by atoms with Gasteiger partial charge in [0.25, 0.3) is 0 Å². The molecule has 5 aliphatic carbocycles. The lowest BCUT2D eigenvalue weighted by molar-refractivity contribution is -0.0399. The topological polar surface area (TPSA) is 8.17 Å². The fraction of sp³-hybridized carbons (Fsp3) is 0.186. The molecule has 4 fully saturated rings. The first kappa shape index (κ1) is 36.2. The van der Waals surface area contributed by atoms with E-state index < -0.39 is 0 Å². The zero-order chi connectivity index (χ0) is 40.7. The number of hydrogen-bond acceptors (Lipinski definition) is 1. The normalized spacial score (nSPS) is 22.3. The third-order valence-electron chi connectivity index (χ3n) is 15.1. The minimum absolute atomic E-state index is 0.194. The van der Waals surface area contributed by atoms with E-state index in [2.05, 4.69) is 199 Å². The maximum Gasteiger partial charge on any atom is 0.0540 e. The second kappa shape index (κ2) is 14.2. The van der Waals surface area contributed by atoms with Crippen LogP contribution in [0.25, 0.3) is 60.9 Å². The summed E-state index contributed by atoms with van der Waals surface area (Å²) in [5.41, 5.74) is 18.2. The molecule has 2 nitrogen and oxygen atoms in total. The molecule has 13 rings (SSSR count). The van der Waals surface area contributed by atoms with Gasteiger partial charge in [-0.2, -0.15) is 0 Å². The number of allylic oxidation sites excluding steroid dienone is 5. The van der Waals surface area contributed by atoms with E-state index in [4.69, 9.17) is 0 Å². The Kier molecular flexibility index (Phi) is 8.46. The third-order valence-corrected chi connectivity index (χ3v) is 15.1. The molecule has 5 aliphatic rings. The van der Waals surface area contributed by atoms with Crippen LogP contribution in [-0.4, -0.2) is 4.57 Å². The molecule has 0 saturated heterocycles. The van der Waals surface area contributed by atoms with Gasteiger partial charge in [-0.25, -0.2) is 0 Å². The van der Waals surface area contributed by atoms with Crippen LogP contribution in [0, 0.1) is 23.7 Å². The van der Waals surface area contributed by atoms with Gasteiger partial charge in [-0.15, -0.1) is 0 Å². The average Bonchev–Trinajstić information content (AvgIpc) is 3.79. The van der Waals surface area contributed by atoms with E-state index >= 15 is 0 Å². The van der Waals surface area contributed by atoms with E-state index in [0.29, 0.717) is 0 Å². The number of fused-ring (bicyclic) bond motifs is 6. The van der Waals surface area contributed by atoms with E-state index in [0.717, 1.165) is 46.4 Å². The van der Waals surface area contributed by atoms with Gasteiger partial charge < -0.3 is 9.47 Å². The highest BCUT2D eigenvalue weighted by atomic mass is 15.1. The van der Waals surface area contributed by atoms with Crippen molar-refractivity contribution in [2.45, 2.75) is 44.4 Å². The summed E-state index contributed by atoms with van der Waals surface area (Å²) in [6, 6.07) is 61.6. The maximum atomic E-state index is 3.86. The van der Waals surface area contributed by atoms with Crippen LogP contribution in [0.1, 0.15) is 50.2 Å². The molecular weight excluding hydrogens is 737 g/mol. The third kappa shape index (κ3) is 5.54. The van der Waals surface area contributed by atoms with E-state index in [1.807, 2.05) is 12.2 Å². The molecule has 0 atom stereocenters. The molecule has 296 valence electrons. The predicted octanol–water partition coefficient (Wildman–Crippen LogP) is 15.9. The van der Waals surface area contributed by atoms with Crippen molar-refractivity contribution in [3.05, 3.63) is 206 Å². The van der Waals surface area contributed by atoms with Gasteiger partial charge in [-0.05, 0) is 156 Å². The molecule has 61 heavy (non-hydrogen) atoms. The van der Waals surface area contributed by atoms with Crippen molar-refractivity contribution in [1.29, 1.82) is 0 Å². The van der Waals surface area contributed by atoms with Crippen molar-refractivity contribution >= 4 is 44.6 Å². The Hall–Kier alpha value is -6.64. The molecule has 1 heterocycles. The van der Waals surface area contributed by atoms with Crippen LogP contribution in [0.3, 0.4) is 0 Å². The summed E-state index contributed by atoms with van der Waals surface area (Å²) >= 11 is 0. The first-order valence-corrected chi connectivity index (χ1v) is 22.4. The van der Waals surface area contributed by atoms with Crippen LogP contribution < -0.4 is 4.90 Å². The number of hydrogen-bond donors (Lipinski definition) is 0. The van der Waals surface area contributed by atoms with Crippen molar-refractivity contribution in [1.82, 2.24) is 4.57 Å². The minimum atomic E-state index is 0.194. The summed E-state index contributed by atoms with van der Waals surface area (Å²) in [5.74, 6) is 3.44. The number of benzene rings is 7. The predicted molar refractivity (Wildman–Crippen MR) is 258 cm³/mol. The Bertz CT molecular complexity index is 3040. The summed E-state index contributed by atoms with van der Waals surface area (Å²) in [6.07, 6.45) is 15.1. The zero-order valence-electron chi connectivity index (χ0n) is 34.8. The molecule has 4 saturated carbocycles. The Labute approximate surface area is 359 Å². The van der Waals surface area contributed by atoms with Crippen LogP contribution >= 0.6 is 0 Å². The van der Waals surface area contributed by atoms with E-state index in [9.17, 15) is 0 Å². The molecule has 0 radical (unpaired) electrons. The number of anilines is 3. The van der Waals surface area contributed by atoms with Gasteiger partial charge in [0.15, 0.2) is 0 Å². The average molecular weight is 787 g/mol. The lowest BCUT2D eigenvalue weighted by atomic mass is 9.43. The quantitative estimate of drug-likeness (QED) is 0.139. The molecular formula is C59H50N2. The first-order valence-electron chi connectivity index (χ1n) is 22.4. The smallest absolute Gasteiger partial charge is 0.0540 e. The van der Waals surface area contributed by atoms with Crippen molar-refractivity contribution in [3.8, 4) is 33.4 Å². The SMILES string of the molecule is C=C/C=C\C=C(/C)n1c2ccccc2c2cc(N(c3ccc(-c4ccc5c(c4)-c4ccccc4C54C5CC6CC(C5)CC4C6)cc3)c3ccccc3-c3ccccc3)ccc21. The fourth-order valence-corrected chi connectivity index (χ4v) is 12.9. The fourth-order valence-electron chi connectivity index (χ4n) is 12.9.